The van der Waals surface area contributed by atoms with Crippen molar-refractivity contribution >= 4 is 121 Å². The maximum atomic E-state index is 2.69. The molecule has 3 nitrogen and oxygen atoms in total. The first kappa shape index (κ1) is 35.1. The predicted octanol–water partition coefficient (Wildman–Crippen LogP) is 14.9. The van der Waals surface area contributed by atoms with E-state index >= 15 is 0 Å². The molecule has 0 amide bonds. The van der Waals surface area contributed by atoms with Gasteiger partial charge in [0.05, 0.1) is 33.3 Å². The lowest BCUT2D eigenvalue weighted by atomic mass is 9.34. The van der Waals surface area contributed by atoms with Crippen LogP contribution in [0.25, 0.3) is 159 Å². The third-order valence-electron chi connectivity index (χ3n) is 17.2. The van der Waals surface area contributed by atoms with Crippen LogP contribution < -0.4 is 16.4 Å². The van der Waals surface area contributed by atoms with E-state index in [1.807, 2.05) is 0 Å². The second-order valence-corrected chi connectivity index (χ2v) is 20.2. The third-order valence-corrected chi connectivity index (χ3v) is 17.2. The van der Waals surface area contributed by atoms with E-state index in [9.17, 15) is 0 Å². The maximum absolute atomic E-state index is 2.69. The van der Waals surface area contributed by atoms with Crippen molar-refractivity contribution < 1.29 is 0 Å². The number of nitrogens with zero attached hydrogens (tertiary/aromatic N) is 3. The molecule has 5 heterocycles. The smallest absolute Gasteiger partial charge is 0.252 e. The molecule has 0 saturated heterocycles. The largest absolute Gasteiger partial charge is 0.310 e. The van der Waals surface area contributed by atoms with Crippen LogP contribution in [0.4, 0.5) is 0 Å². The van der Waals surface area contributed by atoms with Gasteiger partial charge in [-0.25, -0.2) is 0 Å². The minimum Gasteiger partial charge on any atom is -0.310 e. The zero-order valence-corrected chi connectivity index (χ0v) is 37.5. The molecule has 316 valence electrons. The Labute approximate surface area is 400 Å². The number of aromatic nitrogens is 3. The van der Waals surface area contributed by atoms with E-state index in [4.69, 9.17) is 0 Å². The van der Waals surface area contributed by atoms with Gasteiger partial charge in [0.15, 0.2) is 0 Å². The molecule has 12 aromatic carbocycles. The lowest BCUT2D eigenvalue weighted by Gasteiger charge is -2.34. The molecule has 2 aliphatic carbocycles. The summed E-state index contributed by atoms with van der Waals surface area (Å²) in [6.45, 7) is 0.0132. The minimum absolute atomic E-state index is 0.0132. The number of benzene rings is 12. The number of fused-ring (bicyclic) bond motifs is 16. The first-order valence-electron chi connectivity index (χ1n) is 24.6. The van der Waals surface area contributed by atoms with Crippen molar-refractivity contribution in [2.75, 3.05) is 0 Å². The molecule has 3 aromatic heterocycles. The molecule has 4 aliphatic rings. The van der Waals surface area contributed by atoms with E-state index in [2.05, 4.69) is 220 Å². The summed E-state index contributed by atoms with van der Waals surface area (Å²) in [5.74, 6) is 0. The molecule has 0 saturated carbocycles. The second kappa shape index (κ2) is 11.8. The van der Waals surface area contributed by atoms with Gasteiger partial charge in [-0.05, 0) is 130 Å². The topological polar surface area (TPSA) is 14.8 Å². The van der Waals surface area contributed by atoms with Gasteiger partial charge in [0, 0.05) is 49.2 Å². The standard InChI is InChI=1S/C66H34BN3/c1-2-14-39-35(11-1)25-30-52-59(39)48-22-9-23-49-65(48)69(52)55-33-38(68-51-24-10-21-46-42-17-5-3-15-40(42)44-19-7-12-36-26-31-53(68)62(57(36)44)60(46)51)34-56-64(55)67(49)50-29-28-47-43-18-6-4-16-41(43)45-20-8-13-37-27-32-54-63(58(37)45)61(47)66(50)70(54)56/h1-34H. The highest BCUT2D eigenvalue weighted by Crippen LogP contribution is 2.53. The Morgan fingerprint density at radius 3 is 1.44 bits per heavy atom. The zero-order valence-electron chi connectivity index (χ0n) is 37.5. The van der Waals surface area contributed by atoms with E-state index in [0.29, 0.717) is 0 Å². The van der Waals surface area contributed by atoms with E-state index in [1.54, 1.807) is 0 Å². The fourth-order valence-corrected chi connectivity index (χ4v) is 14.7. The van der Waals surface area contributed by atoms with Crippen LogP contribution in [0.2, 0.25) is 0 Å². The van der Waals surface area contributed by atoms with Gasteiger partial charge in [0.25, 0.3) is 6.71 Å². The Morgan fingerprint density at radius 1 is 0.271 bits per heavy atom. The molecule has 70 heavy (non-hydrogen) atoms. The number of para-hydroxylation sites is 1. The molecule has 0 bridgehead atoms. The monoisotopic (exact) mass is 879 g/mol. The molecule has 0 atom stereocenters. The molecular formula is C66H34BN3. The van der Waals surface area contributed by atoms with Crippen LogP contribution >= 0.6 is 0 Å². The van der Waals surface area contributed by atoms with Crippen LogP contribution in [0.1, 0.15) is 0 Å². The summed E-state index contributed by atoms with van der Waals surface area (Å²) in [6.07, 6.45) is 0. The Hall–Kier alpha value is -9.12. The van der Waals surface area contributed by atoms with E-state index < -0.39 is 0 Å². The molecule has 2 aliphatic heterocycles. The van der Waals surface area contributed by atoms with Gasteiger partial charge < -0.3 is 13.7 Å². The molecule has 0 radical (unpaired) electrons. The van der Waals surface area contributed by atoms with Gasteiger partial charge in [-0.15, -0.1) is 0 Å². The first-order chi connectivity index (χ1) is 34.8. The Bertz CT molecular complexity index is 5080. The number of hydrogen-bond donors (Lipinski definition) is 0. The van der Waals surface area contributed by atoms with Crippen LogP contribution in [-0.2, 0) is 0 Å². The summed E-state index contributed by atoms with van der Waals surface area (Å²) in [4.78, 5) is 0. The number of rotatable bonds is 1. The molecular weight excluding hydrogens is 846 g/mol. The minimum atomic E-state index is 0.0132. The van der Waals surface area contributed by atoms with Crippen molar-refractivity contribution in [3.05, 3.63) is 206 Å². The van der Waals surface area contributed by atoms with E-state index in [-0.39, 0.29) is 6.71 Å². The lowest BCUT2D eigenvalue weighted by molar-refractivity contribution is 1.10. The Balaban J connectivity index is 1.04. The molecule has 0 spiro atoms. The first-order valence-corrected chi connectivity index (χ1v) is 24.6. The highest BCUT2D eigenvalue weighted by atomic mass is 15.1. The molecule has 0 unspecified atom stereocenters. The van der Waals surface area contributed by atoms with Gasteiger partial charge in [-0.3, -0.25) is 0 Å². The third kappa shape index (κ3) is 3.80. The van der Waals surface area contributed by atoms with E-state index in [0.717, 1.165) is 0 Å². The summed E-state index contributed by atoms with van der Waals surface area (Å²) < 4.78 is 7.93. The van der Waals surface area contributed by atoms with Gasteiger partial charge in [0.1, 0.15) is 0 Å². The van der Waals surface area contributed by atoms with Crippen molar-refractivity contribution in [1.82, 2.24) is 13.7 Å². The fraction of sp³-hybridized carbons (Fsp3) is 0. The molecule has 4 heteroatoms. The summed E-state index contributed by atoms with van der Waals surface area (Å²) in [7, 11) is 0. The van der Waals surface area contributed by atoms with Crippen molar-refractivity contribution in [3.8, 4) is 61.6 Å². The van der Waals surface area contributed by atoms with Crippen LogP contribution in [0.3, 0.4) is 0 Å². The highest BCUT2D eigenvalue weighted by Gasteiger charge is 2.43. The lowest BCUT2D eigenvalue weighted by Crippen LogP contribution is -2.59. The quantitative estimate of drug-likeness (QED) is 0.146. The number of hydrogen-bond acceptors (Lipinski definition) is 0. The summed E-state index contributed by atoms with van der Waals surface area (Å²) >= 11 is 0. The average molecular weight is 880 g/mol. The predicted molar refractivity (Wildman–Crippen MR) is 295 cm³/mol. The Kier molecular flexibility index (Phi) is 5.89. The van der Waals surface area contributed by atoms with E-state index in [1.165, 1.54) is 176 Å². The Morgan fingerprint density at radius 2 is 0.743 bits per heavy atom. The molecule has 0 fully saturated rings. The highest BCUT2D eigenvalue weighted by molar-refractivity contribution is 7.00. The summed E-state index contributed by atoms with van der Waals surface area (Å²) in [5.41, 5.74) is 25.7. The fourth-order valence-electron chi connectivity index (χ4n) is 14.7. The van der Waals surface area contributed by atoms with Crippen molar-refractivity contribution in [1.29, 1.82) is 0 Å². The summed E-state index contributed by atoms with van der Waals surface area (Å²) in [6, 6.07) is 79.2. The van der Waals surface area contributed by atoms with Crippen LogP contribution in [-0.4, -0.2) is 20.4 Å². The second-order valence-electron chi connectivity index (χ2n) is 20.2. The SMILES string of the molecule is c1ccc2c(c1)-c1cccc3ccc4c(c13)c1c-2cccc1n4-c1cc2c3c(c1)-n1c4ccc5cccc6c5c4c4c(ccc(c41)B3c1cccc3c4c5ccccc5ccc4n-2c13)-c1ccccc1-6. The molecule has 19 rings (SSSR count). The normalized spacial score (nSPS) is 13.4. The van der Waals surface area contributed by atoms with Gasteiger partial charge >= 0.3 is 0 Å². The van der Waals surface area contributed by atoms with Crippen molar-refractivity contribution in [2.45, 2.75) is 0 Å². The van der Waals surface area contributed by atoms with Gasteiger partial charge in [-0.2, -0.15) is 0 Å². The van der Waals surface area contributed by atoms with Crippen LogP contribution in [0.15, 0.2) is 206 Å². The van der Waals surface area contributed by atoms with Gasteiger partial charge in [-0.1, -0.05) is 170 Å². The van der Waals surface area contributed by atoms with Crippen molar-refractivity contribution in [2.24, 2.45) is 0 Å². The molecule has 15 aromatic rings. The zero-order chi connectivity index (χ0) is 44.8. The van der Waals surface area contributed by atoms with Crippen molar-refractivity contribution in [3.63, 3.8) is 0 Å². The maximum Gasteiger partial charge on any atom is 0.252 e. The van der Waals surface area contributed by atoms with Crippen LogP contribution in [0.5, 0.6) is 0 Å². The average Bonchev–Trinajstić information content (AvgIpc) is 4.03. The molecule has 0 N–H and O–H groups in total. The van der Waals surface area contributed by atoms with Gasteiger partial charge in [0.2, 0.25) is 0 Å². The van der Waals surface area contributed by atoms with Crippen LogP contribution in [0, 0.1) is 0 Å². The summed E-state index contributed by atoms with van der Waals surface area (Å²) in [5, 5.41) is 15.8.